The van der Waals surface area contributed by atoms with E-state index in [1.54, 1.807) is 18.2 Å². The van der Waals surface area contributed by atoms with E-state index < -0.39 is 24.0 Å². The van der Waals surface area contributed by atoms with Gasteiger partial charge < -0.3 is 19.7 Å². The molecule has 1 atom stereocenters. The van der Waals surface area contributed by atoms with Crippen LogP contribution in [0.15, 0.2) is 18.2 Å². The molecule has 0 radical (unpaired) electrons. The molecule has 1 unspecified atom stereocenters. The van der Waals surface area contributed by atoms with Crippen LogP contribution in [0, 0.1) is 5.92 Å². The molecule has 1 aromatic carbocycles. The molecule has 2 aromatic rings. The van der Waals surface area contributed by atoms with Crippen molar-refractivity contribution in [3.05, 3.63) is 29.6 Å². The summed E-state index contributed by atoms with van der Waals surface area (Å²) in [5, 5.41) is 11.9. The molecule has 0 aliphatic carbocycles. The number of nitrogens with zero attached hydrogens (tertiary/aromatic N) is 3. The third-order valence-corrected chi connectivity index (χ3v) is 5.43. The Balaban J connectivity index is 2.49. The smallest absolute Gasteiger partial charge is 0.416 e. The Kier molecular flexibility index (Phi) is 9.58. The van der Waals surface area contributed by atoms with Crippen molar-refractivity contribution in [2.24, 2.45) is 5.92 Å². The van der Waals surface area contributed by atoms with E-state index in [9.17, 15) is 19.2 Å². The second-order valence-corrected chi connectivity index (χ2v) is 8.66. The minimum absolute atomic E-state index is 0.113. The number of methoxy groups -OCH3 is 1. The van der Waals surface area contributed by atoms with Crippen molar-refractivity contribution in [1.29, 1.82) is 0 Å². The number of fused-ring (bicyclic) bond motifs is 1. The summed E-state index contributed by atoms with van der Waals surface area (Å²) in [7, 11) is 2.55. The van der Waals surface area contributed by atoms with E-state index in [-0.39, 0.29) is 30.2 Å². The van der Waals surface area contributed by atoms with Crippen LogP contribution in [0.4, 0.5) is 4.79 Å². The Morgan fingerprint density at radius 2 is 1.91 bits per heavy atom. The van der Waals surface area contributed by atoms with Crippen LogP contribution in [0.3, 0.4) is 0 Å². The Morgan fingerprint density at radius 1 is 1.21 bits per heavy atom. The number of aromatic nitrogens is 2. The van der Waals surface area contributed by atoms with Crippen LogP contribution in [0.1, 0.15) is 75.1 Å². The van der Waals surface area contributed by atoms with Crippen molar-refractivity contribution in [2.75, 3.05) is 14.2 Å². The summed E-state index contributed by atoms with van der Waals surface area (Å²) in [4.78, 5) is 53.4. The first kappa shape index (κ1) is 26.8. The summed E-state index contributed by atoms with van der Waals surface area (Å²) in [6, 6.07) is 4.64. The van der Waals surface area contributed by atoms with Crippen LogP contribution < -0.4 is 5.32 Å². The summed E-state index contributed by atoms with van der Waals surface area (Å²) < 4.78 is 6.66. The van der Waals surface area contributed by atoms with Gasteiger partial charge >= 0.3 is 12.1 Å². The molecule has 1 aromatic heterocycles. The number of imide groups is 1. The molecule has 0 bridgehead atoms. The Hall–Kier alpha value is -3.43. The molecule has 2 rings (SSSR count). The van der Waals surface area contributed by atoms with Crippen molar-refractivity contribution >= 4 is 34.9 Å². The maximum atomic E-state index is 12.7. The molecule has 2 N–H and O–H groups in total. The second-order valence-electron chi connectivity index (χ2n) is 8.66. The van der Waals surface area contributed by atoms with Gasteiger partial charge in [-0.3, -0.25) is 14.4 Å². The first-order valence-corrected chi connectivity index (χ1v) is 11.5. The number of ether oxygens (including phenoxy) is 1. The molecule has 3 amide bonds. The van der Waals surface area contributed by atoms with Gasteiger partial charge in [0.2, 0.25) is 5.91 Å². The molecule has 10 nitrogen and oxygen atoms in total. The number of aryl methyl sites for hydroxylation is 1. The molecule has 0 aliphatic rings. The first-order valence-electron chi connectivity index (χ1n) is 11.5. The average molecular weight is 475 g/mol. The number of carboxylic acid groups (broad SMARTS) is 1. The van der Waals surface area contributed by atoms with Crippen LogP contribution in [0.2, 0.25) is 0 Å². The number of carboxylic acids is 1. The SMILES string of the molecule is CCCCn1c(C(CC(C)C)NC(=O)CCC(=O)O)nc2cc(C(=O)N(C)C(=O)OC)ccc21. The number of hydrogen-bond donors (Lipinski definition) is 2. The van der Waals surface area contributed by atoms with Crippen molar-refractivity contribution in [3.63, 3.8) is 0 Å². The fourth-order valence-corrected chi connectivity index (χ4v) is 3.70. The monoisotopic (exact) mass is 474 g/mol. The third-order valence-electron chi connectivity index (χ3n) is 5.43. The molecule has 0 saturated heterocycles. The van der Waals surface area contributed by atoms with Gasteiger partial charge in [-0.15, -0.1) is 0 Å². The quantitative estimate of drug-likeness (QED) is 0.507. The normalized spacial score (nSPS) is 11.9. The average Bonchev–Trinajstić information content (AvgIpc) is 3.16. The highest BCUT2D eigenvalue weighted by molar-refractivity contribution is 6.04. The van der Waals surface area contributed by atoms with E-state index in [2.05, 4.69) is 17.0 Å². The molecule has 0 fully saturated rings. The minimum atomic E-state index is -1.03. The van der Waals surface area contributed by atoms with Gasteiger partial charge in [-0.25, -0.2) is 14.7 Å². The van der Waals surface area contributed by atoms with Gasteiger partial charge in [0.25, 0.3) is 5.91 Å². The van der Waals surface area contributed by atoms with E-state index >= 15 is 0 Å². The van der Waals surface area contributed by atoms with E-state index in [0.29, 0.717) is 24.3 Å². The zero-order valence-electron chi connectivity index (χ0n) is 20.5. The predicted molar refractivity (Wildman–Crippen MR) is 126 cm³/mol. The fourth-order valence-electron chi connectivity index (χ4n) is 3.70. The molecule has 10 heteroatoms. The molecule has 34 heavy (non-hydrogen) atoms. The number of amides is 3. The van der Waals surface area contributed by atoms with E-state index in [0.717, 1.165) is 23.3 Å². The lowest BCUT2D eigenvalue weighted by molar-refractivity contribution is -0.139. The number of unbranched alkanes of at least 4 members (excludes halogenated alkanes) is 1. The highest BCUT2D eigenvalue weighted by Crippen LogP contribution is 2.27. The van der Waals surface area contributed by atoms with Crippen LogP contribution in [-0.2, 0) is 20.9 Å². The predicted octanol–water partition coefficient (Wildman–Crippen LogP) is 3.74. The van der Waals surface area contributed by atoms with E-state index in [1.807, 2.05) is 18.4 Å². The van der Waals surface area contributed by atoms with Crippen LogP contribution in [0.25, 0.3) is 11.0 Å². The Bertz CT molecular complexity index is 1050. The Labute approximate surface area is 199 Å². The standard InChI is InChI=1S/C24H34N4O6/c1-6-7-12-28-19-9-8-16(23(32)27(4)24(33)34-5)14-17(19)26-22(28)18(13-15(2)3)25-20(29)10-11-21(30)31/h8-9,14-15,18H,6-7,10-13H2,1-5H3,(H,25,29)(H,30,31). The maximum Gasteiger partial charge on any atom is 0.416 e. The molecular formula is C24H34N4O6. The van der Waals surface area contributed by atoms with E-state index in [4.69, 9.17) is 10.1 Å². The first-order chi connectivity index (χ1) is 16.1. The molecule has 186 valence electrons. The van der Waals surface area contributed by atoms with Crippen molar-refractivity contribution in [2.45, 2.75) is 65.5 Å². The van der Waals surface area contributed by atoms with E-state index in [1.165, 1.54) is 14.2 Å². The fraction of sp³-hybridized carbons (Fsp3) is 0.542. The zero-order chi connectivity index (χ0) is 25.4. The zero-order valence-corrected chi connectivity index (χ0v) is 20.5. The Morgan fingerprint density at radius 3 is 2.50 bits per heavy atom. The summed E-state index contributed by atoms with van der Waals surface area (Å²) in [5.74, 6) is -0.988. The highest BCUT2D eigenvalue weighted by atomic mass is 16.5. The third kappa shape index (κ3) is 6.79. The molecule has 0 aliphatic heterocycles. The largest absolute Gasteiger partial charge is 0.481 e. The topological polar surface area (TPSA) is 131 Å². The highest BCUT2D eigenvalue weighted by Gasteiger charge is 2.25. The summed E-state index contributed by atoms with van der Waals surface area (Å²) >= 11 is 0. The van der Waals surface area contributed by atoms with Gasteiger partial charge in [0.1, 0.15) is 5.82 Å². The van der Waals surface area contributed by atoms with Crippen molar-refractivity contribution in [1.82, 2.24) is 19.8 Å². The van der Waals surface area contributed by atoms with Gasteiger partial charge in [-0.05, 0) is 37.0 Å². The van der Waals surface area contributed by atoms with Gasteiger partial charge in [-0.1, -0.05) is 27.2 Å². The van der Waals surface area contributed by atoms with Crippen LogP contribution in [0.5, 0.6) is 0 Å². The van der Waals surface area contributed by atoms with Gasteiger partial charge in [0.15, 0.2) is 0 Å². The van der Waals surface area contributed by atoms with Crippen LogP contribution in [-0.4, -0.2) is 57.6 Å². The molecule has 0 saturated carbocycles. The van der Waals surface area contributed by atoms with Crippen molar-refractivity contribution < 1.29 is 29.0 Å². The number of benzene rings is 1. The van der Waals surface area contributed by atoms with Crippen molar-refractivity contribution in [3.8, 4) is 0 Å². The number of rotatable bonds is 11. The maximum absolute atomic E-state index is 12.7. The van der Waals surface area contributed by atoms with Gasteiger partial charge in [0.05, 0.1) is 30.6 Å². The van der Waals surface area contributed by atoms with Gasteiger partial charge in [0, 0.05) is 25.6 Å². The lowest BCUT2D eigenvalue weighted by atomic mass is 10.0. The van der Waals surface area contributed by atoms with Crippen LogP contribution >= 0.6 is 0 Å². The summed E-state index contributed by atoms with van der Waals surface area (Å²) in [5.41, 5.74) is 1.68. The lowest BCUT2D eigenvalue weighted by Gasteiger charge is -2.22. The molecule has 0 spiro atoms. The molecule has 1 heterocycles. The lowest BCUT2D eigenvalue weighted by Crippen LogP contribution is -2.32. The number of nitrogens with one attached hydrogen (secondary N) is 1. The summed E-state index contributed by atoms with van der Waals surface area (Å²) in [6.45, 7) is 6.83. The minimum Gasteiger partial charge on any atom is -0.481 e. The number of carbonyl (C=O) groups is 4. The van der Waals surface area contributed by atoms with Gasteiger partial charge in [-0.2, -0.15) is 0 Å². The number of hydrogen-bond acceptors (Lipinski definition) is 6. The molecular weight excluding hydrogens is 440 g/mol. The number of carbonyl (C=O) groups excluding carboxylic acids is 3. The number of aliphatic carboxylic acids is 1. The number of imidazole rings is 1. The second kappa shape index (κ2) is 12.2. The summed E-state index contributed by atoms with van der Waals surface area (Å²) in [6.07, 6.45) is 1.35.